The number of barbiturate groups is 1. The van der Waals surface area contributed by atoms with Gasteiger partial charge in [-0.1, -0.05) is 60.5 Å². The summed E-state index contributed by atoms with van der Waals surface area (Å²) in [5.74, 6) is 1.38. The van der Waals surface area contributed by atoms with Crippen LogP contribution in [0.3, 0.4) is 0 Å². The third-order valence-electron chi connectivity index (χ3n) is 4.81. The topological polar surface area (TPSA) is 66.9 Å². The second-order valence-electron chi connectivity index (χ2n) is 6.82. The molecule has 0 saturated carbocycles. The summed E-state index contributed by atoms with van der Waals surface area (Å²) in [6.45, 7) is 0.0346. The normalized spacial score (nSPS) is 13.7. The van der Waals surface area contributed by atoms with Crippen LogP contribution >= 0.6 is 0 Å². The first-order valence-electron chi connectivity index (χ1n) is 9.82. The van der Waals surface area contributed by atoms with Gasteiger partial charge in [-0.3, -0.25) is 9.59 Å². The van der Waals surface area contributed by atoms with Crippen LogP contribution in [-0.2, 0) is 9.59 Å². The van der Waals surface area contributed by atoms with Crippen LogP contribution in [-0.4, -0.2) is 24.5 Å². The Labute approximate surface area is 185 Å². The van der Waals surface area contributed by atoms with Crippen LogP contribution in [0.1, 0.15) is 5.56 Å². The molecule has 1 aliphatic heterocycles. The molecule has 0 spiro atoms. The molecule has 1 heterocycles. The number of hydrogen-bond donors (Lipinski definition) is 0. The van der Waals surface area contributed by atoms with Gasteiger partial charge in [-0.05, 0) is 36.4 Å². The van der Waals surface area contributed by atoms with Crippen molar-refractivity contribution in [2.75, 3.05) is 16.4 Å². The smallest absolute Gasteiger partial charge is 0.343 e. The number of hydrogen-bond acceptors (Lipinski definition) is 4. The van der Waals surface area contributed by atoms with Gasteiger partial charge in [-0.2, -0.15) is 0 Å². The molecule has 4 rings (SSSR count). The van der Waals surface area contributed by atoms with E-state index in [-0.39, 0.29) is 12.2 Å². The average Bonchev–Trinajstić information content (AvgIpc) is 2.82. The number of carbonyl (C=O) groups excluding carboxylic acids is 3. The van der Waals surface area contributed by atoms with Crippen molar-refractivity contribution < 1.29 is 19.1 Å². The Balaban J connectivity index is 1.86. The monoisotopic (exact) mass is 422 g/mol. The zero-order chi connectivity index (χ0) is 22.5. The van der Waals surface area contributed by atoms with Crippen molar-refractivity contribution in [2.45, 2.75) is 0 Å². The number of urea groups is 1. The van der Waals surface area contributed by atoms with Crippen LogP contribution in [0.15, 0.2) is 90.5 Å². The molecule has 3 aromatic carbocycles. The van der Waals surface area contributed by atoms with Gasteiger partial charge in [0.05, 0.1) is 11.4 Å². The minimum atomic E-state index is -0.744. The maximum atomic E-state index is 13.4. The van der Waals surface area contributed by atoms with E-state index in [9.17, 15) is 14.4 Å². The lowest BCUT2D eigenvalue weighted by Gasteiger charge is -2.34. The van der Waals surface area contributed by atoms with Gasteiger partial charge in [0.2, 0.25) is 0 Å². The molecule has 1 saturated heterocycles. The lowest BCUT2D eigenvalue weighted by atomic mass is 10.0. The maximum absolute atomic E-state index is 13.4. The van der Waals surface area contributed by atoms with Gasteiger partial charge in [0.25, 0.3) is 11.8 Å². The Morgan fingerprint density at radius 2 is 1.25 bits per heavy atom. The molecule has 0 bridgehead atoms. The number of ether oxygens (including phenoxy) is 1. The standard InChI is InChI=1S/C26H18N2O4/c1-2-17-32-23-16-10-9-11-19(23)18-22-24(29)27(20-12-5-3-6-13-20)26(31)28(25(22)30)21-14-7-4-8-15-21/h1,3-16,18H,17H2. The number of terminal acetylenes is 1. The van der Waals surface area contributed by atoms with E-state index in [0.29, 0.717) is 22.7 Å². The highest BCUT2D eigenvalue weighted by Crippen LogP contribution is 2.30. The number of benzene rings is 3. The fourth-order valence-corrected chi connectivity index (χ4v) is 3.35. The molecule has 6 heteroatoms. The van der Waals surface area contributed by atoms with Crippen molar-refractivity contribution in [3.8, 4) is 18.1 Å². The number of anilines is 2. The summed E-state index contributed by atoms with van der Waals surface area (Å²) < 4.78 is 5.54. The van der Waals surface area contributed by atoms with Gasteiger partial charge in [-0.15, -0.1) is 6.42 Å². The first-order chi connectivity index (χ1) is 15.6. The molecule has 0 atom stereocenters. The largest absolute Gasteiger partial charge is 0.480 e. The van der Waals surface area contributed by atoms with E-state index in [2.05, 4.69) is 5.92 Å². The van der Waals surface area contributed by atoms with Crippen LogP contribution < -0.4 is 14.5 Å². The zero-order valence-electron chi connectivity index (χ0n) is 17.0. The summed E-state index contributed by atoms with van der Waals surface area (Å²) >= 11 is 0. The fourth-order valence-electron chi connectivity index (χ4n) is 3.35. The number of rotatable bonds is 5. The molecule has 3 aromatic rings. The number of carbonyl (C=O) groups is 3. The van der Waals surface area contributed by atoms with E-state index < -0.39 is 17.8 Å². The predicted molar refractivity (Wildman–Crippen MR) is 122 cm³/mol. The Bertz CT molecular complexity index is 1180. The highest BCUT2D eigenvalue weighted by Gasteiger charge is 2.43. The van der Waals surface area contributed by atoms with Crippen molar-refractivity contribution in [1.29, 1.82) is 0 Å². The summed E-state index contributed by atoms with van der Waals surface area (Å²) in [7, 11) is 0. The fraction of sp³-hybridized carbons (Fsp3) is 0.0385. The predicted octanol–water partition coefficient (Wildman–Crippen LogP) is 4.28. The third kappa shape index (κ3) is 3.87. The number of imide groups is 2. The van der Waals surface area contributed by atoms with Crippen LogP contribution in [0.5, 0.6) is 5.75 Å². The molecule has 0 N–H and O–H groups in total. The molecule has 32 heavy (non-hydrogen) atoms. The molecule has 0 aromatic heterocycles. The first-order valence-corrected chi connectivity index (χ1v) is 9.82. The van der Waals surface area contributed by atoms with E-state index in [4.69, 9.17) is 11.2 Å². The van der Waals surface area contributed by atoms with E-state index in [0.717, 1.165) is 9.80 Å². The molecular formula is C26H18N2O4. The summed E-state index contributed by atoms with van der Waals surface area (Å²) in [6, 6.07) is 23.1. The van der Waals surface area contributed by atoms with E-state index >= 15 is 0 Å². The molecule has 4 amide bonds. The Hall–Kier alpha value is -4.63. The zero-order valence-corrected chi connectivity index (χ0v) is 17.0. The van der Waals surface area contributed by atoms with Gasteiger partial charge < -0.3 is 4.74 Å². The van der Waals surface area contributed by atoms with Gasteiger partial charge in [0.15, 0.2) is 0 Å². The lowest BCUT2D eigenvalue weighted by molar-refractivity contribution is -0.121. The lowest BCUT2D eigenvalue weighted by Crippen LogP contribution is -2.57. The molecule has 1 aliphatic rings. The highest BCUT2D eigenvalue weighted by atomic mass is 16.5. The van der Waals surface area contributed by atoms with Crippen molar-refractivity contribution in [3.63, 3.8) is 0 Å². The van der Waals surface area contributed by atoms with Crippen molar-refractivity contribution >= 4 is 35.3 Å². The summed E-state index contributed by atoms with van der Waals surface area (Å²) in [6.07, 6.45) is 6.71. The Morgan fingerprint density at radius 1 is 0.750 bits per heavy atom. The molecule has 0 radical (unpaired) electrons. The Morgan fingerprint density at radius 3 is 1.78 bits per heavy atom. The minimum Gasteiger partial charge on any atom is -0.480 e. The van der Waals surface area contributed by atoms with E-state index in [1.54, 1.807) is 84.9 Å². The molecule has 6 nitrogen and oxygen atoms in total. The van der Waals surface area contributed by atoms with Gasteiger partial charge >= 0.3 is 6.03 Å². The first kappa shape index (κ1) is 20.6. The van der Waals surface area contributed by atoms with Crippen LogP contribution in [0.4, 0.5) is 16.2 Å². The van der Waals surface area contributed by atoms with E-state index in [1.807, 2.05) is 0 Å². The van der Waals surface area contributed by atoms with Crippen molar-refractivity contribution in [2.24, 2.45) is 0 Å². The number of nitrogens with zero attached hydrogens (tertiary/aromatic N) is 2. The quantitative estimate of drug-likeness (QED) is 0.350. The van der Waals surface area contributed by atoms with Gasteiger partial charge in [0, 0.05) is 5.56 Å². The Kier molecular flexibility index (Phi) is 5.82. The third-order valence-corrected chi connectivity index (χ3v) is 4.81. The maximum Gasteiger partial charge on any atom is 0.343 e. The number of para-hydroxylation sites is 3. The van der Waals surface area contributed by atoms with Crippen LogP contribution in [0, 0.1) is 12.3 Å². The van der Waals surface area contributed by atoms with Crippen LogP contribution in [0.25, 0.3) is 6.08 Å². The van der Waals surface area contributed by atoms with E-state index in [1.165, 1.54) is 6.08 Å². The van der Waals surface area contributed by atoms with Crippen molar-refractivity contribution in [1.82, 2.24) is 0 Å². The highest BCUT2D eigenvalue weighted by molar-refractivity contribution is 6.46. The second-order valence-corrected chi connectivity index (χ2v) is 6.82. The molecule has 0 aliphatic carbocycles. The molecule has 0 unspecified atom stereocenters. The minimum absolute atomic E-state index is 0.0346. The number of amides is 4. The molecular weight excluding hydrogens is 404 g/mol. The average molecular weight is 422 g/mol. The summed E-state index contributed by atoms with van der Waals surface area (Å²) in [5, 5.41) is 0. The molecule has 156 valence electrons. The van der Waals surface area contributed by atoms with Crippen LogP contribution in [0.2, 0.25) is 0 Å². The van der Waals surface area contributed by atoms with Crippen molar-refractivity contribution in [3.05, 3.63) is 96.1 Å². The van der Waals surface area contributed by atoms with Gasteiger partial charge in [0.1, 0.15) is 17.9 Å². The summed E-state index contributed by atoms with van der Waals surface area (Å²) in [4.78, 5) is 42.0. The molecule has 1 fully saturated rings. The second kappa shape index (κ2) is 9.02. The van der Waals surface area contributed by atoms with Gasteiger partial charge in [-0.25, -0.2) is 14.6 Å². The summed E-state index contributed by atoms with van der Waals surface area (Å²) in [5.41, 5.74) is 1.04. The SMILES string of the molecule is C#CCOc1ccccc1C=C1C(=O)N(c2ccccc2)C(=O)N(c2ccccc2)C1=O.